The molecular weight excluding hydrogens is 837 g/mol. The molecule has 0 aliphatic rings. The van der Waals surface area contributed by atoms with Crippen LogP contribution in [0.15, 0.2) is 229 Å². The minimum Gasteiger partial charge on any atom is -0.454 e. The van der Waals surface area contributed by atoms with E-state index in [1.807, 2.05) is 123 Å². The van der Waals surface area contributed by atoms with Gasteiger partial charge in [-0.3, -0.25) is 29.9 Å². The van der Waals surface area contributed by atoms with E-state index in [4.69, 9.17) is 18.8 Å². The van der Waals surface area contributed by atoms with Crippen molar-refractivity contribution in [3.8, 4) is 89.0 Å². The second-order valence-corrected chi connectivity index (χ2v) is 16.8. The van der Waals surface area contributed by atoms with Crippen molar-refractivity contribution in [1.82, 2.24) is 29.9 Å². The van der Waals surface area contributed by atoms with E-state index in [1.54, 1.807) is 0 Å². The van der Waals surface area contributed by atoms with Crippen molar-refractivity contribution < 1.29 is 8.83 Å². The highest BCUT2D eigenvalue weighted by atomic mass is 16.3. The molecular formula is C60H36N6O2. The van der Waals surface area contributed by atoms with Crippen LogP contribution in [0.25, 0.3) is 133 Å². The molecule has 0 atom stereocenters. The minimum absolute atomic E-state index is 0.744. The fourth-order valence-corrected chi connectivity index (χ4v) is 9.39. The van der Waals surface area contributed by atoms with Crippen molar-refractivity contribution in [2.24, 2.45) is 0 Å². The molecule has 5 aromatic carbocycles. The Morgan fingerprint density at radius 1 is 0.235 bits per heavy atom. The van der Waals surface area contributed by atoms with Crippen molar-refractivity contribution in [3.05, 3.63) is 220 Å². The van der Waals surface area contributed by atoms with Crippen molar-refractivity contribution in [1.29, 1.82) is 0 Å². The van der Waals surface area contributed by atoms with Gasteiger partial charge in [-0.25, -0.2) is 0 Å². The smallest absolute Gasteiger partial charge is 0.161 e. The molecule has 0 spiro atoms. The summed E-state index contributed by atoms with van der Waals surface area (Å²) in [7, 11) is 0. The number of aromatic nitrogens is 6. The van der Waals surface area contributed by atoms with Crippen molar-refractivity contribution in [2.45, 2.75) is 0 Å². The van der Waals surface area contributed by atoms with Crippen molar-refractivity contribution in [2.75, 3.05) is 0 Å². The van der Waals surface area contributed by atoms with E-state index in [9.17, 15) is 0 Å². The summed E-state index contributed by atoms with van der Waals surface area (Å²) in [5.41, 5.74) is 21.8. The van der Waals surface area contributed by atoms with E-state index in [0.717, 1.165) is 133 Å². The lowest BCUT2D eigenvalue weighted by Gasteiger charge is -2.11. The predicted molar refractivity (Wildman–Crippen MR) is 271 cm³/mol. The molecule has 0 aliphatic heterocycles. The largest absolute Gasteiger partial charge is 0.454 e. The Bertz CT molecular complexity index is 3630. The standard InChI is InChI=1S/C60H36N6O2/c1-2-42(52-18-28-66-58-54-36-44(6-8-56(54)68-60(52)58)50-33-47(39-13-23-63-24-14-39)30-48(34-50)40-15-25-64-26-16-40)4-3-41(1)51-17-27-65-57-53-35-43(5-7-55(53)67-59(51)57)49-31-45(37-9-19-61-20-10-37)29-46(32-49)38-11-21-62-22-12-38/h1-36H. The maximum atomic E-state index is 6.62. The summed E-state index contributed by atoms with van der Waals surface area (Å²) in [5, 5.41) is 1.91. The Labute approximate surface area is 390 Å². The molecule has 0 bridgehead atoms. The molecule has 13 aromatic rings. The van der Waals surface area contributed by atoms with Crippen molar-refractivity contribution >= 4 is 44.1 Å². The normalized spacial score (nSPS) is 11.5. The van der Waals surface area contributed by atoms with Crippen LogP contribution in [0.4, 0.5) is 0 Å². The van der Waals surface area contributed by atoms with Gasteiger partial charge in [-0.1, -0.05) is 36.4 Å². The average molecular weight is 873 g/mol. The van der Waals surface area contributed by atoms with Gasteiger partial charge in [-0.05, 0) is 199 Å². The summed E-state index contributed by atoms with van der Waals surface area (Å²) in [6.45, 7) is 0. The van der Waals surface area contributed by atoms with Crippen molar-refractivity contribution in [3.63, 3.8) is 0 Å². The first-order valence-electron chi connectivity index (χ1n) is 22.3. The molecule has 0 N–H and O–H groups in total. The Balaban J connectivity index is 0.846. The molecule has 0 radical (unpaired) electrons. The first-order chi connectivity index (χ1) is 33.7. The highest BCUT2D eigenvalue weighted by Gasteiger charge is 2.19. The summed E-state index contributed by atoms with van der Waals surface area (Å²) in [6.07, 6.45) is 18.3. The molecule has 0 fully saturated rings. The molecule has 68 heavy (non-hydrogen) atoms. The zero-order valence-corrected chi connectivity index (χ0v) is 36.3. The van der Waals surface area contributed by atoms with Crippen LogP contribution >= 0.6 is 0 Å². The quantitative estimate of drug-likeness (QED) is 0.149. The molecule has 0 saturated carbocycles. The van der Waals surface area contributed by atoms with E-state index in [-0.39, 0.29) is 0 Å². The number of rotatable bonds is 8. The number of nitrogens with zero attached hydrogens (tertiary/aromatic N) is 6. The summed E-state index contributed by atoms with van der Waals surface area (Å²) in [6, 6.07) is 55.0. The number of fused-ring (bicyclic) bond motifs is 6. The van der Waals surface area contributed by atoms with Gasteiger partial charge in [0, 0.05) is 83.9 Å². The fourth-order valence-electron chi connectivity index (χ4n) is 9.39. The third-order valence-corrected chi connectivity index (χ3v) is 12.8. The maximum Gasteiger partial charge on any atom is 0.161 e. The summed E-state index contributed by atoms with van der Waals surface area (Å²) in [4.78, 5) is 26.7. The number of furan rings is 2. The van der Waals surface area contributed by atoms with Crippen LogP contribution in [-0.2, 0) is 0 Å². The Hall–Kier alpha value is -9.40. The molecule has 0 amide bonds. The Morgan fingerprint density at radius 2 is 0.529 bits per heavy atom. The van der Waals surface area contributed by atoms with Crippen LogP contribution in [0, 0.1) is 0 Å². The zero-order valence-electron chi connectivity index (χ0n) is 36.3. The van der Waals surface area contributed by atoms with Gasteiger partial charge in [-0.2, -0.15) is 0 Å². The molecule has 318 valence electrons. The summed E-state index contributed by atoms with van der Waals surface area (Å²) >= 11 is 0. The lowest BCUT2D eigenvalue weighted by molar-refractivity contribution is 0.669. The van der Waals surface area contributed by atoms with Crippen LogP contribution in [0.3, 0.4) is 0 Å². The van der Waals surface area contributed by atoms with Crippen LogP contribution in [0.5, 0.6) is 0 Å². The molecule has 0 aliphatic carbocycles. The van der Waals surface area contributed by atoms with Gasteiger partial charge in [0.25, 0.3) is 0 Å². The first-order valence-corrected chi connectivity index (χ1v) is 22.3. The lowest BCUT2D eigenvalue weighted by Crippen LogP contribution is -1.87. The highest BCUT2D eigenvalue weighted by molar-refractivity contribution is 6.10. The van der Waals surface area contributed by atoms with Gasteiger partial charge < -0.3 is 8.83 Å². The van der Waals surface area contributed by atoms with Crippen LogP contribution in [0.1, 0.15) is 0 Å². The Kier molecular flexibility index (Phi) is 9.31. The second-order valence-electron chi connectivity index (χ2n) is 16.8. The van der Waals surface area contributed by atoms with Gasteiger partial charge in [0.1, 0.15) is 22.2 Å². The molecule has 0 saturated heterocycles. The number of benzene rings is 5. The first kappa shape index (κ1) is 39.0. The van der Waals surface area contributed by atoms with Crippen LogP contribution in [0.2, 0.25) is 0 Å². The van der Waals surface area contributed by atoms with Gasteiger partial charge in [0.2, 0.25) is 0 Å². The molecule has 8 nitrogen and oxygen atoms in total. The van der Waals surface area contributed by atoms with E-state index < -0.39 is 0 Å². The van der Waals surface area contributed by atoms with E-state index in [2.05, 4.69) is 117 Å². The summed E-state index contributed by atoms with van der Waals surface area (Å²) < 4.78 is 13.2. The SMILES string of the molecule is c1cc(-c2cc(-c3ccncc3)cc(-c3ccc4oc5c(-c6ccc(-c7ccnc8c7oc7ccc(-c9cc(-c%10ccncc%10)cc(-c%10ccncc%10)c9)cc78)cc6)ccnc5c4c3)c2)ccn1. The second kappa shape index (κ2) is 16.2. The minimum atomic E-state index is 0.744. The maximum absolute atomic E-state index is 6.62. The summed E-state index contributed by atoms with van der Waals surface area (Å²) in [5.74, 6) is 0. The number of hydrogen-bond donors (Lipinski definition) is 0. The average Bonchev–Trinajstić information content (AvgIpc) is 4.00. The van der Waals surface area contributed by atoms with E-state index >= 15 is 0 Å². The fraction of sp³-hybridized carbons (Fsp3) is 0. The van der Waals surface area contributed by atoms with Gasteiger partial charge in [-0.15, -0.1) is 0 Å². The monoisotopic (exact) mass is 872 g/mol. The van der Waals surface area contributed by atoms with E-state index in [0.29, 0.717) is 0 Å². The lowest BCUT2D eigenvalue weighted by atomic mass is 9.93. The highest BCUT2D eigenvalue weighted by Crippen LogP contribution is 2.41. The third kappa shape index (κ3) is 6.96. The topological polar surface area (TPSA) is 104 Å². The van der Waals surface area contributed by atoms with Gasteiger partial charge in [0.05, 0.1) is 0 Å². The molecule has 13 rings (SSSR count). The van der Waals surface area contributed by atoms with Gasteiger partial charge >= 0.3 is 0 Å². The van der Waals surface area contributed by atoms with Crippen LogP contribution < -0.4 is 0 Å². The molecule has 8 heterocycles. The predicted octanol–water partition coefficient (Wildman–Crippen LogP) is 15.2. The van der Waals surface area contributed by atoms with Gasteiger partial charge in [0.15, 0.2) is 11.2 Å². The van der Waals surface area contributed by atoms with E-state index in [1.165, 1.54) is 0 Å². The zero-order chi connectivity index (χ0) is 45.0. The number of pyridine rings is 6. The third-order valence-electron chi connectivity index (χ3n) is 12.8. The van der Waals surface area contributed by atoms with Crippen LogP contribution in [-0.4, -0.2) is 29.9 Å². The number of hydrogen-bond acceptors (Lipinski definition) is 8. The molecule has 8 heteroatoms. The molecule has 8 aromatic heterocycles. The molecule has 0 unspecified atom stereocenters. The Morgan fingerprint density at radius 3 is 0.853 bits per heavy atom.